The van der Waals surface area contributed by atoms with Crippen molar-refractivity contribution < 1.29 is 4.39 Å². The largest absolute Gasteiger partial charge is 0.309 e. The number of nitrogens with one attached hydrogen (secondary N) is 2. The summed E-state index contributed by atoms with van der Waals surface area (Å²) in [7, 11) is 0. The van der Waals surface area contributed by atoms with Crippen molar-refractivity contribution in [3.05, 3.63) is 42.0 Å². The van der Waals surface area contributed by atoms with Crippen LogP contribution >= 0.6 is 0 Å². The number of halogens is 1. The van der Waals surface area contributed by atoms with E-state index in [0.717, 1.165) is 5.56 Å². The van der Waals surface area contributed by atoms with Crippen molar-refractivity contribution in [3.63, 3.8) is 0 Å². The molecule has 1 aromatic carbocycles. The van der Waals surface area contributed by atoms with Crippen LogP contribution in [0.4, 0.5) is 10.1 Å². The first kappa shape index (κ1) is 9.98. The molecule has 2 rings (SSSR count). The van der Waals surface area contributed by atoms with Crippen molar-refractivity contribution in [2.45, 2.75) is 19.8 Å². The van der Waals surface area contributed by atoms with Gasteiger partial charge >= 0.3 is 0 Å². The Hall–Kier alpha value is -1.55. The van der Waals surface area contributed by atoms with E-state index < -0.39 is 0 Å². The summed E-state index contributed by atoms with van der Waals surface area (Å²) >= 11 is 0. The zero-order valence-corrected chi connectivity index (χ0v) is 8.79. The summed E-state index contributed by atoms with van der Waals surface area (Å²) in [6.45, 7) is 4.09. The molecule has 4 heteroatoms. The van der Waals surface area contributed by atoms with Gasteiger partial charge in [-0.2, -0.15) is 0 Å². The van der Waals surface area contributed by atoms with Crippen molar-refractivity contribution >= 4 is 5.69 Å². The van der Waals surface area contributed by atoms with Crippen molar-refractivity contribution in [2.75, 3.05) is 5.01 Å². The first-order valence-corrected chi connectivity index (χ1v) is 4.95. The van der Waals surface area contributed by atoms with Gasteiger partial charge in [-0.1, -0.05) is 26.0 Å². The molecule has 0 aromatic heterocycles. The van der Waals surface area contributed by atoms with Gasteiger partial charge in [-0.05, 0) is 17.5 Å². The second-order valence-electron chi connectivity index (χ2n) is 3.77. The zero-order valence-electron chi connectivity index (χ0n) is 8.79. The molecule has 1 aliphatic heterocycles. The van der Waals surface area contributed by atoms with Gasteiger partial charge < -0.3 is 5.43 Å². The Morgan fingerprint density at radius 3 is 2.73 bits per heavy atom. The van der Waals surface area contributed by atoms with Gasteiger partial charge in [0.1, 0.15) is 5.82 Å². The Kier molecular flexibility index (Phi) is 2.60. The Morgan fingerprint density at radius 1 is 1.33 bits per heavy atom. The lowest BCUT2D eigenvalue weighted by Crippen LogP contribution is -2.36. The Bertz CT molecular complexity index is 387. The molecular weight excluding hydrogens is 193 g/mol. The standard InChI is InChI=1S/C11H14FN3/c1-8(2)9-4-3-5-10(12)11(9)15-7-6-13-14-15/h3-8,13-14H,1-2H3. The lowest BCUT2D eigenvalue weighted by atomic mass is 10.0. The number of benzene rings is 1. The highest BCUT2D eigenvalue weighted by Crippen LogP contribution is 2.29. The van der Waals surface area contributed by atoms with Crippen LogP contribution in [0.5, 0.6) is 0 Å². The maximum Gasteiger partial charge on any atom is 0.148 e. The molecule has 1 aliphatic rings. The quantitative estimate of drug-likeness (QED) is 0.778. The van der Waals surface area contributed by atoms with E-state index in [4.69, 9.17) is 0 Å². The predicted molar refractivity (Wildman–Crippen MR) is 58.4 cm³/mol. The summed E-state index contributed by atoms with van der Waals surface area (Å²) in [4.78, 5) is 0. The van der Waals surface area contributed by atoms with E-state index in [2.05, 4.69) is 11.0 Å². The molecule has 0 atom stereocenters. The van der Waals surface area contributed by atoms with Crippen LogP contribution in [0, 0.1) is 5.82 Å². The van der Waals surface area contributed by atoms with Crippen LogP contribution in [0.25, 0.3) is 0 Å². The first-order valence-electron chi connectivity index (χ1n) is 4.95. The molecule has 2 N–H and O–H groups in total. The minimum absolute atomic E-state index is 0.220. The third-order valence-corrected chi connectivity index (χ3v) is 2.37. The third-order valence-electron chi connectivity index (χ3n) is 2.37. The zero-order chi connectivity index (χ0) is 10.8. The second-order valence-corrected chi connectivity index (χ2v) is 3.77. The normalized spacial score (nSPS) is 14.8. The molecule has 0 fully saturated rings. The van der Waals surface area contributed by atoms with Gasteiger partial charge in [-0.15, -0.1) is 5.53 Å². The molecule has 0 saturated heterocycles. The SMILES string of the molecule is CC(C)c1cccc(F)c1N1C=CNN1. The Morgan fingerprint density at radius 2 is 2.13 bits per heavy atom. The van der Waals surface area contributed by atoms with Crippen molar-refractivity contribution in [2.24, 2.45) is 0 Å². The van der Waals surface area contributed by atoms with E-state index in [0.29, 0.717) is 5.69 Å². The molecule has 0 amide bonds. The number of hydrogen-bond donors (Lipinski definition) is 2. The maximum atomic E-state index is 13.7. The highest BCUT2D eigenvalue weighted by molar-refractivity contribution is 5.57. The van der Waals surface area contributed by atoms with Crippen LogP contribution < -0.4 is 16.0 Å². The number of hydrazine groups is 2. The number of anilines is 1. The van der Waals surface area contributed by atoms with Gasteiger partial charge in [-0.3, -0.25) is 5.01 Å². The van der Waals surface area contributed by atoms with Gasteiger partial charge in [0.15, 0.2) is 0 Å². The minimum Gasteiger partial charge on any atom is -0.309 e. The maximum absolute atomic E-state index is 13.7. The van der Waals surface area contributed by atoms with Crippen molar-refractivity contribution in [3.8, 4) is 0 Å². The molecule has 0 aliphatic carbocycles. The van der Waals surface area contributed by atoms with Crippen molar-refractivity contribution in [1.82, 2.24) is 11.0 Å². The van der Waals surface area contributed by atoms with Crippen LogP contribution in [0.2, 0.25) is 0 Å². The van der Waals surface area contributed by atoms with Gasteiger partial charge in [0.25, 0.3) is 0 Å². The first-order chi connectivity index (χ1) is 7.20. The van der Waals surface area contributed by atoms with Crippen LogP contribution in [0.15, 0.2) is 30.6 Å². The van der Waals surface area contributed by atoms with Gasteiger partial charge in [0, 0.05) is 12.4 Å². The van der Waals surface area contributed by atoms with Gasteiger partial charge in [0.2, 0.25) is 0 Å². The summed E-state index contributed by atoms with van der Waals surface area (Å²) in [5.41, 5.74) is 7.19. The predicted octanol–water partition coefficient (Wildman–Crippen LogP) is 2.25. The van der Waals surface area contributed by atoms with Crippen LogP contribution in [0.1, 0.15) is 25.3 Å². The smallest absolute Gasteiger partial charge is 0.148 e. The molecule has 15 heavy (non-hydrogen) atoms. The molecule has 0 radical (unpaired) electrons. The second kappa shape index (κ2) is 3.90. The summed E-state index contributed by atoms with van der Waals surface area (Å²) in [5, 5.41) is 1.64. The molecule has 3 nitrogen and oxygen atoms in total. The number of hydrogen-bond acceptors (Lipinski definition) is 3. The molecule has 1 aromatic rings. The molecule has 0 spiro atoms. The van der Waals surface area contributed by atoms with E-state index in [1.807, 2.05) is 19.9 Å². The Balaban J connectivity index is 2.46. The number of para-hydroxylation sites is 1. The van der Waals surface area contributed by atoms with E-state index >= 15 is 0 Å². The highest BCUT2D eigenvalue weighted by Gasteiger charge is 2.17. The summed E-state index contributed by atoms with van der Waals surface area (Å²) in [5.74, 6) is 0.0635. The van der Waals surface area contributed by atoms with E-state index in [9.17, 15) is 4.39 Å². The third kappa shape index (κ3) is 1.80. The summed E-state index contributed by atoms with van der Waals surface area (Å²) in [6.07, 6.45) is 3.47. The highest BCUT2D eigenvalue weighted by atomic mass is 19.1. The van der Waals surface area contributed by atoms with Crippen LogP contribution in [0.3, 0.4) is 0 Å². The molecule has 0 saturated carbocycles. The number of nitrogens with zero attached hydrogens (tertiary/aromatic N) is 1. The fraction of sp³-hybridized carbons (Fsp3) is 0.273. The summed E-state index contributed by atoms with van der Waals surface area (Å²) < 4.78 is 13.7. The van der Waals surface area contributed by atoms with Crippen molar-refractivity contribution in [1.29, 1.82) is 0 Å². The minimum atomic E-state index is -0.220. The van der Waals surface area contributed by atoms with Crippen LogP contribution in [-0.2, 0) is 0 Å². The van der Waals surface area contributed by atoms with Gasteiger partial charge in [0.05, 0.1) is 5.69 Å². The average molecular weight is 207 g/mol. The average Bonchev–Trinajstić information content (AvgIpc) is 2.70. The molecule has 1 heterocycles. The summed E-state index contributed by atoms with van der Waals surface area (Å²) in [6, 6.07) is 5.15. The number of rotatable bonds is 2. The monoisotopic (exact) mass is 207 g/mol. The molecule has 0 bridgehead atoms. The topological polar surface area (TPSA) is 27.3 Å². The van der Waals surface area contributed by atoms with Gasteiger partial charge in [-0.25, -0.2) is 4.39 Å². The lowest BCUT2D eigenvalue weighted by molar-refractivity contribution is 0.599. The fourth-order valence-corrected chi connectivity index (χ4v) is 1.64. The van der Waals surface area contributed by atoms with E-state index in [-0.39, 0.29) is 11.7 Å². The fourth-order valence-electron chi connectivity index (χ4n) is 1.64. The lowest BCUT2D eigenvalue weighted by Gasteiger charge is -2.21. The molecule has 80 valence electrons. The van der Waals surface area contributed by atoms with E-state index in [1.165, 1.54) is 6.07 Å². The van der Waals surface area contributed by atoms with E-state index in [1.54, 1.807) is 23.5 Å². The van der Waals surface area contributed by atoms with Crippen LogP contribution in [-0.4, -0.2) is 0 Å². The molecule has 0 unspecified atom stereocenters. The molecular formula is C11H14FN3. The Labute approximate surface area is 88.5 Å².